The lowest BCUT2D eigenvalue weighted by Crippen LogP contribution is -2.53. The van der Waals surface area contributed by atoms with Crippen molar-refractivity contribution in [3.8, 4) is 0 Å². The minimum Gasteiger partial charge on any atom is -0.458 e. The highest BCUT2D eigenvalue weighted by molar-refractivity contribution is 5.89. The zero-order valence-corrected chi connectivity index (χ0v) is 28.5. The van der Waals surface area contributed by atoms with Gasteiger partial charge in [-0.25, -0.2) is 9.59 Å². The maximum Gasteiger partial charge on any atom is 0.339 e. The number of carbonyl (C=O) groups excluding carboxylic acids is 2. The first-order valence-corrected chi connectivity index (χ1v) is 17.7. The molecule has 0 aromatic heterocycles. The highest BCUT2D eigenvalue weighted by atomic mass is 16.5. The Hall–Kier alpha value is -1.92. The minimum atomic E-state index is -0.543. The van der Waals surface area contributed by atoms with Crippen molar-refractivity contribution < 1.29 is 19.1 Å². The second-order valence-corrected chi connectivity index (χ2v) is 15.9. The van der Waals surface area contributed by atoms with Crippen molar-refractivity contribution in [2.45, 2.75) is 112 Å². The lowest BCUT2D eigenvalue weighted by molar-refractivity contribution is -0.138. The van der Waals surface area contributed by atoms with Gasteiger partial charge in [0.2, 0.25) is 0 Å². The topological polar surface area (TPSA) is 105 Å². The molecule has 4 aliphatic rings. The Morgan fingerprint density at radius 3 is 2.20 bits per heavy atom. The monoisotopic (exact) mass is 610 g/mol. The van der Waals surface area contributed by atoms with Gasteiger partial charge in [-0.05, 0) is 116 Å². The summed E-state index contributed by atoms with van der Waals surface area (Å²) in [5.41, 5.74) is 13.3. The van der Waals surface area contributed by atoms with Crippen molar-refractivity contribution in [1.29, 1.82) is 0 Å². The van der Waals surface area contributed by atoms with Crippen LogP contribution in [0.2, 0.25) is 0 Å². The fourth-order valence-corrected chi connectivity index (χ4v) is 10.5. The molecule has 0 saturated heterocycles. The van der Waals surface area contributed by atoms with Gasteiger partial charge in [-0.3, -0.25) is 0 Å². The van der Waals surface area contributed by atoms with Gasteiger partial charge in [0, 0.05) is 29.8 Å². The van der Waals surface area contributed by atoms with Crippen molar-refractivity contribution in [3.05, 3.63) is 36.1 Å². The van der Waals surface area contributed by atoms with Gasteiger partial charge in [0.25, 0.3) is 0 Å². The van der Waals surface area contributed by atoms with Crippen molar-refractivity contribution in [2.75, 3.05) is 19.7 Å². The molecule has 4 aliphatic carbocycles. The maximum atomic E-state index is 12.4. The van der Waals surface area contributed by atoms with Crippen LogP contribution in [0.1, 0.15) is 112 Å². The first-order chi connectivity index (χ1) is 20.8. The molecule has 0 aliphatic heterocycles. The molecule has 0 amide bonds. The molecule has 0 aromatic rings. The second-order valence-electron chi connectivity index (χ2n) is 15.9. The van der Waals surface area contributed by atoms with E-state index in [2.05, 4.69) is 47.8 Å². The van der Waals surface area contributed by atoms with E-state index in [9.17, 15) is 9.59 Å². The quantitative estimate of drug-likeness (QED) is 0.126. The zero-order chi connectivity index (χ0) is 32.2. The van der Waals surface area contributed by atoms with Gasteiger partial charge in [-0.2, -0.15) is 0 Å². The van der Waals surface area contributed by atoms with E-state index in [1.807, 2.05) is 0 Å². The molecular formula is C38H62N2O4. The Morgan fingerprint density at radius 2 is 1.52 bits per heavy atom. The van der Waals surface area contributed by atoms with Crippen LogP contribution in [0.15, 0.2) is 36.1 Å². The molecule has 248 valence electrons. The van der Waals surface area contributed by atoms with Crippen LogP contribution >= 0.6 is 0 Å². The molecule has 4 rings (SSSR count). The lowest BCUT2D eigenvalue weighted by atomic mass is 9.43. The van der Waals surface area contributed by atoms with Crippen molar-refractivity contribution >= 4 is 11.9 Å². The SMILES string of the molecule is C=C(CN)C(=O)O/C=C(\COC(=O)C(=C)CN)[C@H]1CC[C@@]2(C)[C@@H](CC[C@@H]3[C@@H]2CC[C@]2(C)[C@@H]([C@H](C)CCCC(C)C)CC[C@@H]32)C1. The number of nitrogens with two attached hydrogens (primary N) is 2. The molecule has 0 radical (unpaired) electrons. The molecule has 44 heavy (non-hydrogen) atoms. The third kappa shape index (κ3) is 7.22. The maximum absolute atomic E-state index is 12.4. The van der Waals surface area contributed by atoms with E-state index in [4.69, 9.17) is 20.9 Å². The van der Waals surface area contributed by atoms with Crippen LogP contribution in [0.3, 0.4) is 0 Å². The predicted molar refractivity (Wildman–Crippen MR) is 178 cm³/mol. The highest BCUT2D eigenvalue weighted by Gasteiger charge is 2.60. The van der Waals surface area contributed by atoms with E-state index in [-0.39, 0.29) is 36.8 Å². The van der Waals surface area contributed by atoms with E-state index in [0.717, 1.165) is 60.3 Å². The number of rotatable bonds is 13. The van der Waals surface area contributed by atoms with Crippen LogP contribution < -0.4 is 11.5 Å². The normalized spacial score (nSPS) is 35.7. The number of hydrogen-bond acceptors (Lipinski definition) is 6. The summed E-state index contributed by atoms with van der Waals surface area (Å²) in [6.45, 7) is 20.1. The summed E-state index contributed by atoms with van der Waals surface area (Å²) < 4.78 is 11.1. The first kappa shape index (κ1) is 34.9. The van der Waals surface area contributed by atoms with Crippen molar-refractivity contribution in [2.24, 2.45) is 69.6 Å². The van der Waals surface area contributed by atoms with Gasteiger partial charge in [-0.15, -0.1) is 0 Å². The van der Waals surface area contributed by atoms with E-state index in [1.165, 1.54) is 64.0 Å². The lowest BCUT2D eigenvalue weighted by Gasteiger charge is -2.61. The molecule has 0 heterocycles. The Kier molecular flexibility index (Phi) is 11.6. The smallest absolute Gasteiger partial charge is 0.339 e. The third-order valence-electron chi connectivity index (χ3n) is 13.1. The van der Waals surface area contributed by atoms with Gasteiger partial charge >= 0.3 is 11.9 Å². The third-order valence-corrected chi connectivity index (χ3v) is 13.1. The molecule has 0 unspecified atom stereocenters. The number of hydrogen-bond donors (Lipinski definition) is 2. The molecule has 6 heteroatoms. The van der Waals surface area contributed by atoms with Crippen LogP contribution in [-0.2, 0) is 19.1 Å². The second kappa shape index (κ2) is 14.7. The van der Waals surface area contributed by atoms with Crippen LogP contribution in [0.25, 0.3) is 0 Å². The van der Waals surface area contributed by atoms with Crippen LogP contribution in [0, 0.1) is 58.2 Å². The van der Waals surface area contributed by atoms with Crippen LogP contribution in [0.5, 0.6) is 0 Å². The Balaban J connectivity index is 1.45. The van der Waals surface area contributed by atoms with E-state index in [0.29, 0.717) is 16.7 Å². The summed E-state index contributed by atoms with van der Waals surface area (Å²) in [6.07, 6.45) is 17.0. The Labute approximate surface area is 267 Å². The molecular weight excluding hydrogens is 548 g/mol. The molecule has 0 spiro atoms. The number of fused-ring (bicyclic) bond motifs is 5. The minimum absolute atomic E-state index is 0.0392. The summed E-state index contributed by atoms with van der Waals surface area (Å²) in [5.74, 6) is 4.79. The predicted octanol–water partition coefficient (Wildman–Crippen LogP) is 7.72. The Morgan fingerprint density at radius 1 is 0.864 bits per heavy atom. The summed E-state index contributed by atoms with van der Waals surface area (Å²) in [4.78, 5) is 24.7. The molecule has 4 N–H and O–H groups in total. The average Bonchev–Trinajstić information content (AvgIpc) is 3.36. The van der Waals surface area contributed by atoms with Crippen molar-refractivity contribution in [3.63, 3.8) is 0 Å². The van der Waals surface area contributed by atoms with Gasteiger partial charge in [0.05, 0.1) is 6.26 Å². The summed E-state index contributed by atoms with van der Waals surface area (Å²) in [7, 11) is 0. The number of carbonyl (C=O) groups is 2. The fraction of sp³-hybridized carbons (Fsp3) is 0.789. The van der Waals surface area contributed by atoms with E-state index < -0.39 is 11.9 Å². The van der Waals surface area contributed by atoms with Gasteiger partial charge in [-0.1, -0.05) is 67.0 Å². The molecule has 0 aromatic carbocycles. The number of ether oxygens (including phenoxy) is 2. The molecule has 0 bridgehead atoms. The van der Waals surface area contributed by atoms with Crippen molar-refractivity contribution in [1.82, 2.24) is 0 Å². The van der Waals surface area contributed by atoms with Gasteiger partial charge in [0.1, 0.15) is 6.61 Å². The largest absolute Gasteiger partial charge is 0.458 e. The highest BCUT2D eigenvalue weighted by Crippen LogP contribution is 2.69. The number of esters is 2. The fourth-order valence-electron chi connectivity index (χ4n) is 10.5. The van der Waals surface area contributed by atoms with E-state index >= 15 is 0 Å². The van der Waals surface area contributed by atoms with Crippen LogP contribution in [0.4, 0.5) is 0 Å². The first-order valence-electron chi connectivity index (χ1n) is 17.7. The standard InChI is InChI=1S/C38H62N2O4/c1-24(2)9-8-10-25(3)32-13-14-33-31-12-11-30-19-28(15-17-37(30,6)34(31)16-18-38(32,33)7)29(22-43-35(41)26(4)20-39)23-44-36(42)27(5)21-40/h22,24-25,28,30-34H,4-5,8-21,23,39-40H2,1-3,6-7H3/b29-22+/t25-,28+,30+,31+,32-,33+,34+,37+,38-/m1/s1. The van der Waals surface area contributed by atoms with Crippen LogP contribution in [-0.4, -0.2) is 31.6 Å². The van der Waals surface area contributed by atoms with Gasteiger partial charge < -0.3 is 20.9 Å². The zero-order valence-electron chi connectivity index (χ0n) is 28.5. The Bertz CT molecular complexity index is 1100. The molecule has 6 nitrogen and oxygen atoms in total. The molecule has 9 atom stereocenters. The van der Waals surface area contributed by atoms with Gasteiger partial charge in [0.15, 0.2) is 0 Å². The van der Waals surface area contributed by atoms with E-state index in [1.54, 1.807) is 0 Å². The summed E-state index contributed by atoms with van der Waals surface area (Å²) in [5, 5.41) is 0. The summed E-state index contributed by atoms with van der Waals surface area (Å²) >= 11 is 0. The summed E-state index contributed by atoms with van der Waals surface area (Å²) in [6, 6.07) is 0. The average molecular weight is 611 g/mol. The molecule has 4 fully saturated rings. The molecule has 4 saturated carbocycles.